The Hall–Kier alpha value is -6.73. The molecule has 0 radical (unpaired) electrons. The number of aliphatic carboxylic acids is 1. The molecule has 7 aromatic carbocycles. The molecule has 59 heavy (non-hydrogen) atoms. The van der Waals surface area contributed by atoms with Crippen molar-refractivity contribution >= 4 is 61.0 Å². The van der Waals surface area contributed by atoms with Gasteiger partial charge in [-0.15, -0.1) is 0 Å². The Labute approximate surface area is 343 Å². The zero-order chi connectivity index (χ0) is 39.9. The van der Waals surface area contributed by atoms with E-state index in [1.54, 1.807) is 13.0 Å². The van der Waals surface area contributed by atoms with Crippen LogP contribution in [0.5, 0.6) is 11.6 Å². The number of allylic oxidation sites excluding steroid dienone is 1. The van der Waals surface area contributed by atoms with Gasteiger partial charge in [0, 0.05) is 46.6 Å². The predicted octanol–water partition coefficient (Wildman–Crippen LogP) is 12.1. The molecule has 2 aliphatic rings. The minimum Gasteiger partial charge on any atom is -0.478 e. The second-order valence-corrected chi connectivity index (χ2v) is 15.9. The molecule has 292 valence electrons. The van der Waals surface area contributed by atoms with Crippen LogP contribution in [0.1, 0.15) is 62.1 Å². The van der Waals surface area contributed by atoms with Crippen LogP contribution in [0.25, 0.3) is 60.7 Å². The maximum atomic E-state index is 11.3. The number of unbranched alkanes of at least 4 members (excludes halogenated alkanes) is 2. The van der Waals surface area contributed by atoms with Gasteiger partial charge in [-0.25, -0.2) is 9.78 Å². The minimum absolute atomic E-state index is 0.355. The molecule has 7 heteroatoms. The molecule has 1 unspecified atom stereocenters. The molecule has 8 aromatic rings. The molecule has 1 aromatic heterocycles. The van der Waals surface area contributed by atoms with Crippen LogP contribution >= 0.6 is 0 Å². The van der Waals surface area contributed by atoms with E-state index in [1.807, 2.05) is 18.2 Å². The molecule has 10 rings (SSSR count). The number of ether oxygens (including phenoxy) is 2. The molecule has 1 saturated heterocycles. The molecule has 7 nitrogen and oxygen atoms in total. The van der Waals surface area contributed by atoms with E-state index in [0.717, 1.165) is 70.2 Å². The van der Waals surface area contributed by atoms with Crippen LogP contribution in [0.4, 0.5) is 5.69 Å². The zero-order valence-corrected chi connectivity index (χ0v) is 33.2. The topological polar surface area (TPSA) is 84.8 Å². The summed E-state index contributed by atoms with van der Waals surface area (Å²) in [5, 5.41) is 17.2. The van der Waals surface area contributed by atoms with E-state index in [9.17, 15) is 9.90 Å². The van der Waals surface area contributed by atoms with Gasteiger partial charge in [-0.2, -0.15) is 4.98 Å². The van der Waals surface area contributed by atoms with Gasteiger partial charge in [0.2, 0.25) is 5.88 Å². The lowest BCUT2D eigenvalue weighted by molar-refractivity contribution is -0.132. The van der Waals surface area contributed by atoms with Gasteiger partial charge >= 0.3 is 5.97 Å². The first-order chi connectivity index (χ1) is 29.0. The molecule has 1 fully saturated rings. The molecular weight excluding hydrogens is 731 g/mol. The molecule has 0 saturated carbocycles. The summed E-state index contributed by atoms with van der Waals surface area (Å²) in [7, 11) is 0. The average Bonchev–Trinajstić information content (AvgIpc) is 3.29. The Balaban J connectivity index is 1.07. The quantitative estimate of drug-likeness (QED) is 0.0795. The first kappa shape index (κ1) is 36.6. The van der Waals surface area contributed by atoms with Crippen LogP contribution < -0.4 is 14.4 Å². The number of piperidine rings is 1. The van der Waals surface area contributed by atoms with Crippen molar-refractivity contribution in [1.82, 2.24) is 9.97 Å². The number of fused-ring (bicyclic) bond motifs is 3. The largest absolute Gasteiger partial charge is 0.478 e. The number of carboxylic acids is 1. The summed E-state index contributed by atoms with van der Waals surface area (Å²) in [6, 6.07) is 42.8. The molecule has 0 bridgehead atoms. The van der Waals surface area contributed by atoms with Crippen molar-refractivity contribution in [3.05, 3.63) is 156 Å². The molecular formula is C52H45N3O4. The number of rotatable bonds is 11. The maximum Gasteiger partial charge on any atom is 0.330 e. The van der Waals surface area contributed by atoms with Crippen molar-refractivity contribution in [2.75, 3.05) is 24.6 Å². The summed E-state index contributed by atoms with van der Waals surface area (Å²) in [5.41, 5.74) is 5.42. The van der Waals surface area contributed by atoms with Gasteiger partial charge in [0.05, 0.1) is 17.5 Å². The van der Waals surface area contributed by atoms with Crippen molar-refractivity contribution in [3.8, 4) is 23.0 Å². The number of carboxylic acid groups (broad SMARTS) is 1. The number of hydrogen-bond donors (Lipinski definition) is 1. The summed E-state index contributed by atoms with van der Waals surface area (Å²) >= 11 is 0. The maximum absolute atomic E-state index is 11.3. The zero-order valence-electron chi connectivity index (χ0n) is 33.2. The number of nitrogens with zero attached hydrogens (tertiary/aromatic N) is 3. The van der Waals surface area contributed by atoms with Gasteiger partial charge in [0.15, 0.2) is 11.4 Å². The molecule has 1 N–H and O–H groups in total. The van der Waals surface area contributed by atoms with E-state index in [-0.39, 0.29) is 0 Å². The molecule has 0 aliphatic carbocycles. The van der Waals surface area contributed by atoms with E-state index in [2.05, 4.69) is 120 Å². The fraction of sp³-hybridized carbons (Fsp3) is 0.212. The Morgan fingerprint density at radius 2 is 1.49 bits per heavy atom. The van der Waals surface area contributed by atoms with Gasteiger partial charge in [0.1, 0.15) is 5.75 Å². The van der Waals surface area contributed by atoms with Crippen molar-refractivity contribution in [2.45, 2.75) is 51.0 Å². The lowest BCUT2D eigenvalue weighted by Crippen LogP contribution is -2.34. The summed E-state index contributed by atoms with van der Waals surface area (Å²) in [5.74, 6) is 0.927. The normalized spacial score (nSPS) is 16.8. The number of aromatic nitrogens is 2. The third kappa shape index (κ3) is 6.61. The monoisotopic (exact) mass is 775 g/mol. The van der Waals surface area contributed by atoms with Crippen molar-refractivity contribution < 1.29 is 19.4 Å². The Kier molecular flexibility index (Phi) is 9.44. The van der Waals surface area contributed by atoms with E-state index < -0.39 is 11.6 Å². The first-order valence-electron chi connectivity index (χ1n) is 20.8. The highest BCUT2D eigenvalue weighted by Crippen LogP contribution is 2.47. The average molecular weight is 776 g/mol. The van der Waals surface area contributed by atoms with E-state index in [1.165, 1.54) is 51.9 Å². The lowest BCUT2D eigenvalue weighted by Gasteiger charge is -2.37. The SMILES string of the molecule is CC(=CCCCCOc1nc(-c2ccc3ccc4cccc5ccc2c3c45)nc2ccc3c(c12)C=CC(c1ccccc1)(c1ccc(N2CCCCC2)cc1)O3)C(=O)O. The second-order valence-electron chi connectivity index (χ2n) is 15.9. The summed E-state index contributed by atoms with van der Waals surface area (Å²) < 4.78 is 13.8. The number of benzene rings is 7. The minimum atomic E-state index is -0.890. The van der Waals surface area contributed by atoms with Gasteiger partial charge in [-0.3, -0.25) is 0 Å². The number of hydrogen-bond acceptors (Lipinski definition) is 6. The van der Waals surface area contributed by atoms with E-state index >= 15 is 0 Å². The van der Waals surface area contributed by atoms with Crippen molar-refractivity contribution in [2.24, 2.45) is 0 Å². The molecule has 0 amide bonds. The van der Waals surface area contributed by atoms with Crippen LogP contribution in [0, 0.1) is 0 Å². The highest BCUT2D eigenvalue weighted by Gasteiger charge is 2.38. The van der Waals surface area contributed by atoms with E-state index in [4.69, 9.17) is 19.4 Å². The van der Waals surface area contributed by atoms with Gasteiger partial charge < -0.3 is 19.5 Å². The smallest absolute Gasteiger partial charge is 0.330 e. The first-order valence-corrected chi connectivity index (χ1v) is 20.8. The lowest BCUT2D eigenvalue weighted by atomic mass is 9.83. The van der Waals surface area contributed by atoms with E-state index in [0.29, 0.717) is 30.3 Å². The van der Waals surface area contributed by atoms with Crippen LogP contribution in [-0.2, 0) is 10.4 Å². The fourth-order valence-electron chi connectivity index (χ4n) is 9.07. The fourth-order valence-corrected chi connectivity index (χ4v) is 9.07. The Bertz CT molecular complexity index is 2900. The number of anilines is 1. The van der Waals surface area contributed by atoms with Crippen LogP contribution in [0.2, 0.25) is 0 Å². The molecule has 2 aliphatic heterocycles. The Morgan fingerprint density at radius 1 is 0.763 bits per heavy atom. The molecule has 1 atom stereocenters. The van der Waals surface area contributed by atoms with Gasteiger partial charge in [-0.1, -0.05) is 97.1 Å². The van der Waals surface area contributed by atoms with Gasteiger partial charge in [-0.05, 0) is 120 Å². The predicted molar refractivity (Wildman–Crippen MR) is 239 cm³/mol. The summed E-state index contributed by atoms with van der Waals surface area (Å²) in [6.45, 7) is 4.22. The summed E-state index contributed by atoms with van der Waals surface area (Å²) in [6.07, 6.45) is 12.0. The second kappa shape index (κ2) is 15.2. The third-order valence-electron chi connectivity index (χ3n) is 12.2. The Morgan fingerprint density at radius 3 is 2.27 bits per heavy atom. The highest BCUT2D eigenvalue weighted by atomic mass is 16.5. The highest BCUT2D eigenvalue weighted by molar-refractivity contribution is 6.25. The van der Waals surface area contributed by atoms with Gasteiger partial charge in [0.25, 0.3) is 0 Å². The van der Waals surface area contributed by atoms with Crippen molar-refractivity contribution in [3.63, 3.8) is 0 Å². The molecule has 0 spiro atoms. The van der Waals surface area contributed by atoms with Crippen LogP contribution in [-0.4, -0.2) is 40.7 Å². The van der Waals surface area contributed by atoms with Crippen LogP contribution in [0.3, 0.4) is 0 Å². The third-order valence-corrected chi connectivity index (χ3v) is 12.2. The molecule has 3 heterocycles. The van der Waals surface area contributed by atoms with Crippen molar-refractivity contribution in [1.29, 1.82) is 0 Å². The summed E-state index contributed by atoms with van der Waals surface area (Å²) in [4.78, 5) is 24.3. The van der Waals surface area contributed by atoms with Crippen LogP contribution in [0.15, 0.2) is 139 Å². The standard InChI is InChI=1S/C52H45N3O4/c1-34(51(56)57)12-5-3-10-33-58-50-48-43-29-30-52(38-15-6-2-7-16-38,39-21-23-40(24-22-39)55-31-8-4-9-32-55)59-45(43)28-27-44(48)53-49(54-50)42-26-20-37-18-17-35-13-11-14-36-19-25-41(42)47(37)46(35)36/h2,6-7,11-30H,3-5,8-10,31-33H2,1H3,(H,56,57). The number of carbonyl (C=O) groups is 1.